The number of hydrogen-bond donors (Lipinski definition) is 2. The van der Waals surface area contributed by atoms with Gasteiger partial charge in [-0.3, -0.25) is 0 Å². The SMILES string of the molecule is CCCCNS(=O)(=O)c1cc(CNC2CC2)ccc1OC. The van der Waals surface area contributed by atoms with Gasteiger partial charge in [0, 0.05) is 19.1 Å². The van der Waals surface area contributed by atoms with E-state index in [1.165, 1.54) is 20.0 Å². The van der Waals surface area contributed by atoms with Gasteiger partial charge in [0.25, 0.3) is 0 Å². The Hall–Kier alpha value is -1.11. The number of sulfonamides is 1. The van der Waals surface area contributed by atoms with E-state index >= 15 is 0 Å². The molecular formula is C15H24N2O3S. The number of hydrogen-bond acceptors (Lipinski definition) is 4. The number of benzene rings is 1. The molecule has 0 aliphatic heterocycles. The molecule has 1 saturated carbocycles. The summed E-state index contributed by atoms with van der Waals surface area (Å²) in [6.07, 6.45) is 4.19. The third-order valence-corrected chi connectivity index (χ3v) is 4.99. The van der Waals surface area contributed by atoms with Crippen molar-refractivity contribution >= 4 is 10.0 Å². The smallest absolute Gasteiger partial charge is 0.244 e. The first-order valence-electron chi connectivity index (χ1n) is 7.46. The first-order valence-corrected chi connectivity index (χ1v) is 8.95. The Balaban J connectivity index is 2.15. The highest BCUT2D eigenvalue weighted by molar-refractivity contribution is 7.89. The normalized spacial score (nSPS) is 15.1. The van der Waals surface area contributed by atoms with Crippen molar-refractivity contribution in [2.75, 3.05) is 13.7 Å². The van der Waals surface area contributed by atoms with Crippen molar-refractivity contribution in [2.45, 2.75) is 50.1 Å². The molecule has 6 heteroatoms. The molecule has 0 aromatic heterocycles. The minimum atomic E-state index is -3.52. The predicted molar refractivity (Wildman–Crippen MR) is 83.0 cm³/mol. The highest BCUT2D eigenvalue weighted by Crippen LogP contribution is 2.25. The molecule has 21 heavy (non-hydrogen) atoms. The molecular weight excluding hydrogens is 288 g/mol. The summed E-state index contributed by atoms with van der Waals surface area (Å²) in [6, 6.07) is 5.91. The molecule has 0 atom stereocenters. The average molecular weight is 312 g/mol. The monoisotopic (exact) mass is 312 g/mol. The Morgan fingerprint density at radius 2 is 2.10 bits per heavy atom. The molecule has 1 fully saturated rings. The zero-order valence-corrected chi connectivity index (χ0v) is 13.5. The first kappa shape index (κ1) is 16.3. The standard InChI is InChI=1S/C15H24N2O3S/c1-3-4-9-17-21(18,19)15-10-12(5-8-14(15)20-2)11-16-13-6-7-13/h5,8,10,13,16-17H,3-4,6-7,9,11H2,1-2H3. The molecule has 0 spiro atoms. The molecule has 118 valence electrons. The predicted octanol–water partition coefficient (Wildman–Crippen LogP) is 2.03. The second kappa shape index (κ2) is 7.24. The van der Waals surface area contributed by atoms with Crippen LogP contribution in [0.5, 0.6) is 5.75 Å². The van der Waals surface area contributed by atoms with E-state index in [0.717, 1.165) is 18.4 Å². The van der Waals surface area contributed by atoms with Crippen LogP contribution in [-0.2, 0) is 16.6 Å². The number of ether oxygens (including phenoxy) is 1. The van der Waals surface area contributed by atoms with Crippen LogP contribution in [0.3, 0.4) is 0 Å². The Morgan fingerprint density at radius 3 is 2.71 bits per heavy atom. The second-order valence-electron chi connectivity index (χ2n) is 5.39. The van der Waals surface area contributed by atoms with Crippen molar-refractivity contribution in [3.8, 4) is 5.75 Å². The van der Waals surface area contributed by atoms with E-state index in [4.69, 9.17) is 4.74 Å². The van der Waals surface area contributed by atoms with Crippen molar-refractivity contribution < 1.29 is 13.2 Å². The van der Waals surface area contributed by atoms with E-state index in [9.17, 15) is 8.42 Å². The van der Waals surface area contributed by atoms with Crippen LogP contribution in [0.25, 0.3) is 0 Å². The summed E-state index contributed by atoms with van der Waals surface area (Å²) >= 11 is 0. The van der Waals surface area contributed by atoms with E-state index in [-0.39, 0.29) is 4.90 Å². The highest BCUT2D eigenvalue weighted by Gasteiger charge is 2.22. The van der Waals surface area contributed by atoms with Crippen LogP contribution < -0.4 is 14.8 Å². The molecule has 1 aromatic rings. The molecule has 2 N–H and O–H groups in total. The van der Waals surface area contributed by atoms with Gasteiger partial charge in [0.15, 0.2) is 0 Å². The van der Waals surface area contributed by atoms with Crippen molar-refractivity contribution in [1.82, 2.24) is 10.0 Å². The fraction of sp³-hybridized carbons (Fsp3) is 0.600. The molecule has 1 aliphatic rings. The van der Waals surface area contributed by atoms with Crippen LogP contribution in [-0.4, -0.2) is 28.1 Å². The molecule has 0 bridgehead atoms. The van der Waals surface area contributed by atoms with Gasteiger partial charge in [-0.05, 0) is 37.0 Å². The molecule has 0 amide bonds. The third kappa shape index (κ3) is 4.69. The summed E-state index contributed by atoms with van der Waals surface area (Å²) in [6.45, 7) is 3.16. The van der Waals surface area contributed by atoms with Crippen LogP contribution in [0, 0.1) is 0 Å². The van der Waals surface area contributed by atoms with Crippen molar-refractivity contribution in [3.63, 3.8) is 0 Å². The van der Waals surface area contributed by atoms with Crippen molar-refractivity contribution in [1.29, 1.82) is 0 Å². The molecule has 0 unspecified atom stereocenters. The maximum atomic E-state index is 12.4. The van der Waals surface area contributed by atoms with Gasteiger partial charge in [-0.25, -0.2) is 13.1 Å². The van der Waals surface area contributed by atoms with Crippen molar-refractivity contribution in [3.05, 3.63) is 23.8 Å². The molecule has 1 aromatic carbocycles. The molecule has 5 nitrogen and oxygen atoms in total. The number of nitrogens with one attached hydrogen (secondary N) is 2. The minimum Gasteiger partial charge on any atom is -0.495 e. The van der Waals surface area contributed by atoms with Crippen LogP contribution >= 0.6 is 0 Å². The largest absolute Gasteiger partial charge is 0.495 e. The van der Waals surface area contributed by atoms with E-state index in [0.29, 0.717) is 24.9 Å². The summed E-state index contributed by atoms with van der Waals surface area (Å²) < 4.78 is 32.6. The third-order valence-electron chi connectivity index (χ3n) is 3.51. The fourth-order valence-electron chi connectivity index (χ4n) is 2.05. The lowest BCUT2D eigenvalue weighted by atomic mass is 10.2. The Labute approximate surface area is 127 Å². The summed E-state index contributed by atoms with van der Waals surface area (Å²) in [5.41, 5.74) is 0.957. The summed E-state index contributed by atoms with van der Waals surface area (Å²) in [5, 5.41) is 3.39. The van der Waals surface area contributed by atoms with Crippen LogP contribution in [0.1, 0.15) is 38.2 Å². The quantitative estimate of drug-likeness (QED) is 0.685. The summed E-state index contributed by atoms with van der Waals surface area (Å²) in [5.74, 6) is 0.383. The Kier molecular flexibility index (Phi) is 5.61. The van der Waals surface area contributed by atoms with Gasteiger partial charge < -0.3 is 10.1 Å². The summed E-state index contributed by atoms with van der Waals surface area (Å²) in [4.78, 5) is 0.219. The van der Waals surface area contributed by atoms with E-state index in [2.05, 4.69) is 10.0 Å². The number of unbranched alkanes of at least 4 members (excludes halogenated alkanes) is 1. The zero-order chi connectivity index (χ0) is 15.3. The zero-order valence-electron chi connectivity index (χ0n) is 12.7. The fourth-order valence-corrected chi connectivity index (χ4v) is 3.34. The van der Waals surface area contributed by atoms with Crippen LogP contribution in [0.2, 0.25) is 0 Å². The van der Waals surface area contributed by atoms with Crippen LogP contribution in [0.15, 0.2) is 23.1 Å². The van der Waals surface area contributed by atoms with Gasteiger partial charge in [0.1, 0.15) is 10.6 Å². The Morgan fingerprint density at radius 1 is 1.33 bits per heavy atom. The topological polar surface area (TPSA) is 67.4 Å². The summed E-state index contributed by atoms with van der Waals surface area (Å²) in [7, 11) is -2.03. The first-order chi connectivity index (χ1) is 10.1. The van der Waals surface area contributed by atoms with Gasteiger partial charge in [-0.2, -0.15) is 0 Å². The second-order valence-corrected chi connectivity index (χ2v) is 7.13. The van der Waals surface area contributed by atoms with Crippen LogP contribution in [0.4, 0.5) is 0 Å². The molecule has 0 heterocycles. The maximum absolute atomic E-state index is 12.4. The number of rotatable bonds is 9. The minimum absolute atomic E-state index is 0.219. The Bertz CT molecular complexity index is 568. The van der Waals surface area contributed by atoms with E-state index in [1.54, 1.807) is 12.1 Å². The van der Waals surface area contributed by atoms with E-state index in [1.807, 2.05) is 13.0 Å². The van der Waals surface area contributed by atoms with Gasteiger partial charge in [-0.1, -0.05) is 19.4 Å². The molecule has 2 rings (SSSR count). The molecule has 0 saturated heterocycles. The lowest BCUT2D eigenvalue weighted by molar-refractivity contribution is 0.402. The maximum Gasteiger partial charge on any atom is 0.244 e. The average Bonchev–Trinajstić information content (AvgIpc) is 3.29. The van der Waals surface area contributed by atoms with Crippen molar-refractivity contribution in [2.24, 2.45) is 0 Å². The lowest BCUT2D eigenvalue weighted by Crippen LogP contribution is -2.25. The van der Waals surface area contributed by atoms with Gasteiger partial charge >= 0.3 is 0 Å². The van der Waals surface area contributed by atoms with Gasteiger partial charge in [0.05, 0.1) is 7.11 Å². The number of methoxy groups -OCH3 is 1. The lowest BCUT2D eigenvalue weighted by Gasteiger charge is -2.12. The molecule has 1 aliphatic carbocycles. The van der Waals surface area contributed by atoms with E-state index < -0.39 is 10.0 Å². The molecule has 0 radical (unpaired) electrons. The van der Waals surface area contributed by atoms with Gasteiger partial charge in [-0.15, -0.1) is 0 Å². The van der Waals surface area contributed by atoms with Gasteiger partial charge in [0.2, 0.25) is 10.0 Å². The highest BCUT2D eigenvalue weighted by atomic mass is 32.2.